The van der Waals surface area contributed by atoms with E-state index in [0.717, 1.165) is 19.3 Å². The van der Waals surface area contributed by atoms with E-state index in [1.807, 2.05) is 0 Å². The van der Waals surface area contributed by atoms with Gasteiger partial charge in [-0.25, -0.2) is 9.48 Å². The summed E-state index contributed by atoms with van der Waals surface area (Å²) in [5, 5.41) is 17.5. The SMILES string of the molecule is COc1ccc(-n2nnc(C(=O)O)c2C2CCC2)cc1Cl. The quantitative estimate of drug-likeness (QED) is 0.939. The first-order valence-electron chi connectivity index (χ1n) is 6.64. The van der Waals surface area contributed by atoms with Crippen molar-refractivity contribution < 1.29 is 14.6 Å². The van der Waals surface area contributed by atoms with Crippen LogP contribution in [-0.4, -0.2) is 33.2 Å². The number of rotatable bonds is 4. The van der Waals surface area contributed by atoms with E-state index in [1.54, 1.807) is 30.0 Å². The Balaban J connectivity index is 2.09. The smallest absolute Gasteiger partial charge is 0.358 e. The van der Waals surface area contributed by atoms with Crippen molar-refractivity contribution in [2.24, 2.45) is 0 Å². The molecule has 6 nitrogen and oxygen atoms in total. The summed E-state index contributed by atoms with van der Waals surface area (Å²) in [6, 6.07) is 5.21. The van der Waals surface area contributed by atoms with E-state index in [-0.39, 0.29) is 11.6 Å². The van der Waals surface area contributed by atoms with E-state index in [0.29, 0.717) is 22.2 Å². The Hall–Kier alpha value is -2.08. The normalized spacial score (nSPS) is 14.8. The van der Waals surface area contributed by atoms with Gasteiger partial charge >= 0.3 is 5.97 Å². The third kappa shape index (κ3) is 2.35. The fourth-order valence-electron chi connectivity index (χ4n) is 2.47. The number of carboxylic acids is 1. The number of aromatic carboxylic acids is 1. The highest BCUT2D eigenvalue weighted by atomic mass is 35.5. The number of benzene rings is 1. The van der Waals surface area contributed by atoms with E-state index in [4.69, 9.17) is 16.3 Å². The molecule has 0 spiro atoms. The molecule has 0 saturated heterocycles. The van der Waals surface area contributed by atoms with Crippen LogP contribution >= 0.6 is 11.6 Å². The predicted octanol–water partition coefficient (Wildman–Crippen LogP) is 2.90. The molecule has 0 amide bonds. The van der Waals surface area contributed by atoms with Gasteiger partial charge in [0.15, 0.2) is 5.69 Å². The van der Waals surface area contributed by atoms with Gasteiger partial charge in [-0.3, -0.25) is 0 Å². The van der Waals surface area contributed by atoms with Crippen molar-refractivity contribution >= 4 is 17.6 Å². The van der Waals surface area contributed by atoms with Crippen LogP contribution in [0.4, 0.5) is 0 Å². The van der Waals surface area contributed by atoms with Crippen molar-refractivity contribution in [3.63, 3.8) is 0 Å². The maximum absolute atomic E-state index is 11.3. The molecule has 1 aromatic heterocycles. The topological polar surface area (TPSA) is 77.2 Å². The maximum atomic E-state index is 11.3. The second-order valence-corrected chi connectivity index (χ2v) is 5.39. The summed E-state index contributed by atoms with van der Waals surface area (Å²) in [7, 11) is 1.54. The summed E-state index contributed by atoms with van der Waals surface area (Å²) in [4.78, 5) is 11.3. The van der Waals surface area contributed by atoms with Crippen LogP contribution < -0.4 is 4.74 Å². The van der Waals surface area contributed by atoms with E-state index in [9.17, 15) is 9.90 Å². The second-order valence-electron chi connectivity index (χ2n) is 4.99. The van der Waals surface area contributed by atoms with E-state index in [1.165, 1.54) is 0 Å². The van der Waals surface area contributed by atoms with Gasteiger partial charge in [-0.05, 0) is 31.0 Å². The highest BCUT2D eigenvalue weighted by molar-refractivity contribution is 6.32. The Morgan fingerprint density at radius 1 is 1.48 bits per heavy atom. The first kappa shape index (κ1) is 13.9. The fourth-order valence-corrected chi connectivity index (χ4v) is 2.72. The molecular formula is C14H14ClN3O3. The molecule has 1 saturated carbocycles. The van der Waals surface area contributed by atoms with Gasteiger partial charge in [0.05, 0.1) is 23.5 Å². The molecule has 0 bridgehead atoms. The molecule has 1 fully saturated rings. The molecule has 1 aliphatic rings. The molecule has 0 unspecified atom stereocenters. The van der Waals surface area contributed by atoms with Crippen molar-refractivity contribution in [1.29, 1.82) is 0 Å². The molecule has 0 radical (unpaired) electrons. The summed E-state index contributed by atoms with van der Waals surface area (Å²) < 4.78 is 6.69. The first-order valence-corrected chi connectivity index (χ1v) is 7.02. The number of aromatic nitrogens is 3. The van der Waals surface area contributed by atoms with Gasteiger partial charge in [-0.1, -0.05) is 23.2 Å². The lowest BCUT2D eigenvalue weighted by Gasteiger charge is -2.26. The molecule has 2 aromatic rings. The van der Waals surface area contributed by atoms with Crippen molar-refractivity contribution in [1.82, 2.24) is 15.0 Å². The molecule has 1 N–H and O–H groups in total. The summed E-state index contributed by atoms with van der Waals surface area (Å²) in [5.41, 5.74) is 1.35. The van der Waals surface area contributed by atoms with E-state index < -0.39 is 5.97 Å². The Labute approximate surface area is 126 Å². The summed E-state index contributed by atoms with van der Waals surface area (Å²) in [5.74, 6) is -0.307. The lowest BCUT2D eigenvalue weighted by molar-refractivity contribution is 0.0687. The molecule has 0 atom stereocenters. The zero-order valence-corrected chi connectivity index (χ0v) is 12.2. The molecule has 1 aromatic carbocycles. The van der Waals surface area contributed by atoms with Crippen LogP contribution in [0.3, 0.4) is 0 Å². The standard InChI is InChI=1S/C14H14ClN3O3/c1-21-11-6-5-9(7-10(11)15)18-13(8-3-2-4-8)12(14(19)20)16-17-18/h5-8H,2-4H2,1H3,(H,19,20). The van der Waals surface area contributed by atoms with Gasteiger partial charge in [0.1, 0.15) is 5.75 Å². The van der Waals surface area contributed by atoms with Crippen molar-refractivity contribution in [2.45, 2.75) is 25.2 Å². The van der Waals surface area contributed by atoms with Crippen molar-refractivity contribution in [2.75, 3.05) is 7.11 Å². The largest absolute Gasteiger partial charge is 0.495 e. The zero-order chi connectivity index (χ0) is 15.0. The molecular weight excluding hydrogens is 294 g/mol. The second kappa shape index (κ2) is 5.37. The van der Waals surface area contributed by atoms with Crippen LogP contribution in [0.2, 0.25) is 5.02 Å². The van der Waals surface area contributed by atoms with Crippen LogP contribution in [0.1, 0.15) is 41.4 Å². The predicted molar refractivity (Wildman–Crippen MR) is 76.5 cm³/mol. The number of ether oxygens (including phenoxy) is 1. The highest BCUT2D eigenvalue weighted by Crippen LogP contribution is 2.39. The van der Waals surface area contributed by atoms with Crippen LogP contribution in [0.15, 0.2) is 18.2 Å². The minimum Gasteiger partial charge on any atom is -0.495 e. The lowest BCUT2D eigenvalue weighted by atomic mass is 9.82. The third-order valence-corrected chi connectivity index (χ3v) is 4.07. The Morgan fingerprint density at radius 2 is 2.24 bits per heavy atom. The lowest BCUT2D eigenvalue weighted by Crippen LogP contribution is -2.17. The number of hydrogen-bond donors (Lipinski definition) is 1. The number of hydrogen-bond acceptors (Lipinski definition) is 4. The van der Waals surface area contributed by atoms with Gasteiger partial charge in [-0.2, -0.15) is 0 Å². The molecule has 21 heavy (non-hydrogen) atoms. The number of carbonyl (C=O) groups is 1. The molecule has 3 rings (SSSR count). The molecule has 1 heterocycles. The molecule has 7 heteroatoms. The van der Waals surface area contributed by atoms with E-state index >= 15 is 0 Å². The summed E-state index contributed by atoms with van der Waals surface area (Å²) >= 11 is 6.13. The monoisotopic (exact) mass is 307 g/mol. The highest BCUT2D eigenvalue weighted by Gasteiger charge is 2.31. The Morgan fingerprint density at radius 3 is 2.76 bits per heavy atom. The van der Waals surface area contributed by atoms with E-state index in [2.05, 4.69) is 10.3 Å². The Bertz CT molecular complexity index is 695. The minimum absolute atomic E-state index is 0.0200. The number of nitrogens with zero attached hydrogens (tertiary/aromatic N) is 3. The summed E-state index contributed by atoms with van der Waals surface area (Å²) in [6.07, 6.45) is 3.01. The number of halogens is 1. The average Bonchev–Trinajstić information content (AvgIpc) is 2.81. The number of carboxylic acid groups (broad SMARTS) is 1. The maximum Gasteiger partial charge on any atom is 0.358 e. The molecule has 1 aliphatic carbocycles. The van der Waals surface area contributed by atoms with Crippen LogP contribution in [-0.2, 0) is 0 Å². The molecule has 110 valence electrons. The first-order chi connectivity index (χ1) is 10.1. The zero-order valence-electron chi connectivity index (χ0n) is 11.4. The summed E-state index contributed by atoms with van der Waals surface area (Å²) in [6.45, 7) is 0. The van der Waals surface area contributed by atoms with Gasteiger partial charge in [0.2, 0.25) is 0 Å². The van der Waals surface area contributed by atoms with Gasteiger partial charge < -0.3 is 9.84 Å². The van der Waals surface area contributed by atoms with Crippen LogP contribution in [0.5, 0.6) is 5.75 Å². The van der Waals surface area contributed by atoms with Crippen LogP contribution in [0.25, 0.3) is 5.69 Å². The van der Waals surface area contributed by atoms with Crippen molar-refractivity contribution in [3.05, 3.63) is 34.6 Å². The van der Waals surface area contributed by atoms with Gasteiger partial charge in [0.25, 0.3) is 0 Å². The molecule has 0 aliphatic heterocycles. The third-order valence-electron chi connectivity index (χ3n) is 3.78. The van der Waals surface area contributed by atoms with Crippen molar-refractivity contribution in [3.8, 4) is 11.4 Å². The Kier molecular flexibility index (Phi) is 3.55. The average molecular weight is 308 g/mol. The number of methoxy groups -OCH3 is 1. The fraction of sp³-hybridized carbons (Fsp3) is 0.357. The van der Waals surface area contributed by atoms with Crippen LogP contribution in [0, 0.1) is 0 Å². The van der Waals surface area contributed by atoms with Gasteiger partial charge in [-0.15, -0.1) is 5.10 Å². The van der Waals surface area contributed by atoms with Gasteiger partial charge in [0, 0.05) is 5.92 Å². The minimum atomic E-state index is -1.05.